The molecule has 0 amide bonds. The van der Waals surface area contributed by atoms with Crippen molar-refractivity contribution in [3.63, 3.8) is 0 Å². The molecule has 4 heteroatoms. The van der Waals surface area contributed by atoms with Crippen LogP contribution in [0.2, 0.25) is 0 Å². The van der Waals surface area contributed by atoms with Gasteiger partial charge in [0.15, 0.2) is 0 Å². The molecular formula is C10H10N4. The summed E-state index contributed by atoms with van der Waals surface area (Å²) >= 11 is 0. The van der Waals surface area contributed by atoms with Crippen LogP contribution in [0, 0.1) is 30.6 Å². The zero-order chi connectivity index (χ0) is 10.6. The van der Waals surface area contributed by atoms with E-state index in [1.807, 2.05) is 13.0 Å². The largest absolute Gasteiger partial charge is 0.341 e. The maximum atomic E-state index is 8.67. The summed E-state index contributed by atoms with van der Waals surface area (Å²) in [6.07, 6.45) is 5.20. The molecular weight excluding hydrogens is 176 g/mol. The van der Waals surface area contributed by atoms with Gasteiger partial charge in [-0.1, -0.05) is 5.92 Å². The Hall–Kier alpha value is -2.07. The van der Waals surface area contributed by atoms with E-state index in [9.17, 15) is 0 Å². The van der Waals surface area contributed by atoms with E-state index in [1.165, 1.54) is 0 Å². The zero-order valence-corrected chi connectivity index (χ0v) is 8.07. The highest BCUT2D eigenvalue weighted by Crippen LogP contribution is 2.04. The standard InChI is InChI=1S/C10H10N4/c1-4-7(2)12-10-13-8(3)5-9(6-11)14-10/h1,5,7H,2-3H3,(H,12,13,14). The summed E-state index contributed by atoms with van der Waals surface area (Å²) in [4.78, 5) is 8.06. The van der Waals surface area contributed by atoms with Gasteiger partial charge in [0.05, 0.1) is 6.04 Å². The van der Waals surface area contributed by atoms with Crippen LogP contribution in [-0.4, -0.2) is 16.0 Å². The molecule has 0 aromatic carbocycles. The smallest absolute Gasteiger partial charge is 0.225 e. The van der Waals surface area contributed by atoms with Gasteiger partial charge in [-0.15, -0.1) is 6.42 Å². The lowest BCUT2D eigenvalue weighted by molar-refractivity contribution is 0.965. The lowest BCUT2D eigenvalue weighted by atomic mass is 10.3. The van der Waals surface area contributed by atoms with Gasteiger partial charge in [-0.25, -0.2) is 9.97 Å². The molecule has 1 rings (SSSR count). The molecule has 70 valence electrons. The van der Waals surface area contributed by atoms with Crippen LogP contribution in [0.4, 0.5) is 5.95 Å². The molecule has 14 heavy (non-hydrogen) atoms. The SMILES string of the molecule is C#CC(C)Nc1nc(C)cc(C#N)n1. The first-order valence-corrected chi connectivity index (χ1v) is 4.14. The second-order valence-corrected chi connectivity index (χ2v) is 2.86. The van der Waals surface area contributed by atoms with E-state index in [0.29, 0.717) is 11.6 Å². The third-order valence-electron chi connectivity index (χ3n) is 1.56. The van der Waals surface area contributed by atoms with Gasteiger partial charge < -0.3 is 5.32 Å². The minimum absolute atomic E-state index is 0.150. The molecule has 1 N–H and O–H groups in total. The molecule has 0 fully saturated rings. The van der Waals surface area contributed by atoms with Crippen molar-refractivity contribution in [2.24, 2.45) is 0 Å². The Morgan fingerprint density at radius 1 is 1.57 bits per heavy atom. The van der Waals surface area contributed by atoms with E-state index in [0.717, 1.165) is 5.69 Å². The second kappa shape index (κ2) is 4.25. The number of nitrogens with zero attached hydrogens (tertiary/aromatic N) is 3. The maximum Gasteiger partial charge on any atom is 0.225 e. The Morgan fingerprint density at radius 2 is 2.29 bits per heavy atom. The highest BCUT2D eigenvalue weighted by molar-refractivity contribution is 5.35. The first kappa shape index (κ1) is 10.0. The number of hydrogen-bond donors (Lipinski definition) is 1. The molecule has 1 atom stereocenters. The summed E-state index contributed by atoms with van der Waals surface area (Å²) < 4.78 is 0. The van der Waals surface area contributed by atoms with E-state index >= 15 is 0 Å². The van der Waals surface area contributed by atoms with E-state index in [1.54, 1.807) is 13.0 Å². The van der Waals surface area contributed by atoms with Crippen LogP contribution in [0.15, 0.2) is 6.07 Å². The molecule has 4 nitrogen and oxygen atoms in total. The Labute approximate surface area is 83.0 Å². The third-order valence-corrected chi connectivity index (χ3v) is 1.56. The molecule has 0 spiro atoms. The van der Waals surface area contributed by atoms with Gasteiger partial charge in [-0.05, 0) is 19.9 Å². The van der Waals surface area contributed by atoms with Crippen molar-refractivity contribution in [3.8, 4) is 18.4 Å². The highest BCUT2D eigenvalue weighted by atomic mass is 15.1. The van der Waals surface area contributed by atoms with Crippen LogP contribution in [0.1, 0.15) is 18.3 Å². The van der Waals surface area contributed by atoms with Crippen LogP contribution in [0.25, 0.3) is 0 Å². The quantitative estimate of drug-likeness (QED) is 0.702. The first-order valence-electron chi connectivity index (χ1n) is 4.14. The summed E-state index contributed by atoms with van der Waals surface area (Å²) in [5.41, 5.74) is 1.08. The van der Waals surface area contributed by atoms with Gasteiger partial charge in [0, 0.05) is 5.69 Å². The number of nitrogens with one attached hydrogen (secondary N) is 1. The minimum atomic E-state index is -0.150. The van der Waals surface area contributed by atoms with E-state index in [2.05, 4.69) is 21.2 Å². The summed E-state index contributed by atoms with van der Waals surface area (Å²) in [6, 6.07) is 3.42. The molecule has 0 aliphatic rings. The maximum absolute atomic E-state index is 8.67. The predicted molar refractivity (Wildman–Crippen MR) is 53.4 cm³/mol. The second-order valence-electron chi connectivity index (χ2n) is 2.86. The van der Waals surface area contributed by atoms with E-state index in [-0.39, 0.29) is 6.04 Å². The van der Waals surface area contributed by atoms with E-state index < -0.39 is 0 Å². The van der Waals surface area contributed by atoms with Crippen molar-refractivity contribution in [1.82, 2.24) is 9.97 Å². The number of terminal acetylenes is 1. The van der Waals surface area contributed by atoms with Crippen molar-refractivity contribution >= 4 is 5.95 Å². The molecule has 0 radical (unpaired) electrons. The topological polar surface area (TPSA) is 61.6 Å². The van der Waals surface area contributed by atoms with Crippen molar-refractivity contribution in [2.75, 3.05) is 5.32 Å². The van der Waals surface area contributed by atoms with Crippen LogP contribution < -0.4 is 5.32 Å². The number of aromatic nitrogens is 2. The van der Waals surface area contributed by atoms with Gasteiger partial charge in [-0.2, -0.15) is 5.26 Å². The molecule has 0 aliphatic heterocycles. The first-order chi connectivity index (χ1) is 6.65. The Morgan fingerprint density at radius 3 is 2.86 bits per heavy atom. The van der Waals surface area contributed by atoms with Gasteiger partial charge in [-0.3, -0.25) is 0 Å². The highest BCUT2D eigenvalue weighted by Gasteiger charge is 2.03. The lowest BCUT2D eigenvalue weighted by Gasteiger charge is -2.07. The molecule has 0 aliphatic carbocycles. The predicted octanol–water partition coefficient (Wildman–Crippen LogP) is 1.09. The molecule has 1 heterocycles. The molecule has 1 aromatic heterocycles. The van der Waals surface area contributed by atoms with Gasteiger partial charge >= 0.3 is 0 Å². The summed E-state index contributed by atoms with van der Waals surface area (Å²) in [6.45, 7) is 3.62. The van der Waals surface area contributed by atoms with Crippen molar-refractivity contribution in [3.05, 3.63) is 17.5 Å². The third kappa shape index (κ3) is 2.46. The lowest BCUT2D eigenvalue weighted by Crippen LogP contribution is -2.15. The minimum Gasteiger partial charge on any atom is -0.341 e. The molecule has 0 saturated carbocycles. The number of hydrogen-bond acceptors (Lipinski definition) is 4. The fourth-order valence-electron chi connectivity index (χ4n) is 0.926. The summed E-state index contributed by atoms with van der Waals surface area (Å²) in [5, 5.41) is 11.6. The Kier molecular flexibility index (Phi) is 3.04. The number of nitriles is 1. The summed E-state index contributed by atoms with van der Waals surface area (Å²) in [5.74, 6) is 2.89. The number of aryl methyl sites for hydroxylation is 1. The van der Waals surface area contributed by atoms with Crippen molar-refractivity contribution in [1.29, 1.82) is 5.26 Å². The molecule has 1 unspecified atom stereocenters. The fourth-order valence-corrected chi connectivity index (χ4v) is 0.926. The van der Waals surface area contributed by atoms with Crippen LogP contribution in [0.3, 0.4) is 0 Å². The Balaban J connectivity index is 2.95. The van der Waals surface area contributed by atoms with Crippen molar-refractivity contribution < 1.29 is 0 Å². The van der Waals surface area contributed by atoms with E-state index in [4.69, 9.17) is 11.7 Å². The van der Waals surface area contributed by atoms with Crippen LogP contribution in [0.5, 0.6) is 0 Å². The number of anilines is 1. The Bertz CT molecular complexity index is 411. The normalized spacial score (nSPS) is 11.1. The fraction of sp³-hybridized carbons (Fsp3) is 0.300. The van der Waals surface area contributed by atoms with Crippen molar-refractivity contribution in [2.45, 2.75) is 19.9 Å². The monoisotopic (exact) mass is 186 g/mol. The van der Waals surface area contributed by atoms with Gasteiger partial charge in [0.25, 0.3) is 0 Å². The molecule has 0 saturated heterocycles. The summed E-state index contributed by atoms with van der Waals surface area (Å²) in [7, 11) is 0. The molecule has 1 aromatic rings. The van der Waals surface area contributed by atoms with Gasteiger partial charge in [0.2, 0.25) is 5.95 Å². The van der Waals surface area contributed by atoms with Crippen LogP contribution in [-0.2, 0) is 0 Å². The van der Waals surface area contributed by atoms with Crippen LogP contribution >= 0.6 is 0 Å². The average molecular weight is 186 g/mol. The zero-order valence-electron chi connectivity index (χ0n) is 8.07. The van der Waals surface area contributed by atoms with Gasteiger partial charge in [0.1, 0.15) is 11.8 Å². The average Bonchev–Trinajstić information content (AvgIpc) is 2.16. The molecule has 0 bridgehead atoms. The number of rotatable bonds is 2.